The van der Waals surface area contributed by atoms with Gasteiger partial charge in [0.2, 0.25) is 5.13 Å². The average Bonchev–Trinajstić information content (AvgIpc) is 2.30. The first-order valence-electron chi connectivity index (χ1n) is 3.92. The molecule has 0 saturated heterocycles. The minimum absolute atomic E-state index is 0.0180. The third kappa shape index (κ3) is 1.33. The molecule has 2 atom stereocenters. The first-order chi connectivity index (χ1) is 6.42. The molecule has 2 rings (SSSR count). The average molecular weight is 239 g/mol. The molecule has 76 valence electrons. The topological polar surface area (TPSA) is 43.4 Å². The van der Waals surface area contributed by atoms with Crippen molar-refractivity contribution in [3.8, 4) is 0 Å². The molecule has 1 heterocycles. The van der Waals surface area contributed by atoms with Gasteiger partial charge >= 0.3 is 11.9 Å². The Bertz CT molecular complexity index is 362. The smallest absolute Gasteiger partial charge is 0.342 e. The van der Waals surface area contributed by atoms with Gasteiger partial charge in [-0.3, -0.25) is 0 Å². The Labute approximate surface area is 88.8 Å². The van der Waals surface area contributed by atoms with Crippen LogP contribution in [0, 0.1) is 0 Å². The second kappa shape index (κ2) is 2.94. The van der Waals surface area contributed by atoms with Gasteiger partial charge in [0.1, 0.15) is 0 Å². The van der Waals surface area contributed by atoms with Gasteiger partial charge < -0.3 is 4.74 Å². The van der Waals surface area contributed by atoms with Crippen molar-refractivity contribution in [2.75, 3.05) is 0 Å². The Morgan fingerprint density at radius 1 is 1.36 bits per heavy atom. The molecule has 0 aromatic rings. The number of rotatable bonds is 0. The molecule has 0 spiro atoms. The molecule has 1 aliphatic carbocycles. The van der Waals surface area contributed by atoms with Gasteiger partial charge in [-0.1, -0.05) is 11.6 Å². The molecule has 0 bridgehead atoms. The van der Waals surface area contributed by atoms with E-state index in [1.165, 1.54) is 0 Å². The van der Waals surface area contributed by atoms with Gasteiger partial charge in [0.25, 0.3) is 0 Å². The largest absolute Gasteiger partial charge is 0.386 e. The lowest BCUT2D eigenvalue weighted by Gasteiger charge is -2.27. The zero-order chi connectivity index (χ0) is 10.5. The van der Waals surface area contributed by atoms with Crippen molar-refractivity contribution in [2.24, 2.45) is 0 Å². The second-order valence-corrected chi connectivity index (χ2v) is 4.40. The molecule has 0 saturated carbocycles. The molecule has 2 unspecified atom stereocenters. The molecular formula is C8H5Cl2FO3. The minimum Gasteiger partial charge on any atom is -0.386 e. The number of esters is 2. The van der Waals surface area contributed by atoms with E-state index in [1.807, 2.05) is 0 Å². The SMILES string of the molecule is O=C1OC(=O)C2=C1CC(Cl)C(F)(Cl)C2. The van der Waals surface area contributed by atoms with E-state index in [-0.39, 0.29) is 24.0 Å². The van der Waals surface area contributed by atoms with E-state index >= 15 is 0 Å². The van der Waals surface area contributed by atoms with Gasteiger partial charge in [0, 0.05) is 18.4 Å². The molecule has 0 aromatic heterocycles. The van der Waals surface area contributed by atoms with Crippen LogP contribution in [-0.4, -0.2) is 22.4 Å². The van der Waals surface area contributed by atoms with Crippen molar-refractivity contribution in [3.05, 3.63) is 11.1 Å². The Morgan fingerprint density at radius 3 is 2.57 bits per heavy atom. The molecule has 3 nitrogen and oxygen atoms in total. The van der Waals surface area contributed by atoms with Crippen molar-refractivity contribution in [1.29, 1.82) is 0 Å². The van der Waals surface area contributed by atoms with Crippen molar-refractivity contribution in [2.45, 2.75) is 23.3 Å². The van der Waals surface area contributed by atoms with E-state index in [0.29, 0.717) is 0 Å². The van der Waals surface area contributed by atoms with Crippen LogP contribution in [0.15, 0.2) is 11.1 Å². The highest BCUT2D eigenvalue weighted by Gasteiger charge is 2.48. The van der Waals surface area contributed by atoms with Crippen LogP contribution in [-0.2, 0) is 14.3 Å². The van der Waals surface area contributed by atoms with E-state index in [2.05, 4.69) is 4.74 Å². The number of hydrogen-bond acceptors (Lipinski definition) is 3. The van der Waals surface area contributed by atoms with Crippen LogP contribution < -0.4 is 0 Å². The molecule has 0 fully saturated rings. The lowest BCUT2D eigenvalue weighted by Crippen LogP contribution is -2.33. The molecule has 14 heavy (non-hydrogen) atoms. The summed E-state index contributed by atoms with van der Waals surface area (Å²) in [6, 6.07) is 0. The first-order valence-corrected chi connectivity index (χ1v) is 4.73. The van der Waals surface area contributed by atoms with Gasteiger partial charge in [-0.2, -0.15) is 0 Å². The van der Waals surface area contributed by atoms with Crippen LogP contribution in [0.25, 0.3) is 0 Å². The minimum atomic E-state index is -2.18. The summed E-state index contributed by atoms with van der Waals surface area (Å²) in [4.78, 5) is 22.1. The number of ether oxygens (including phenoxy) is 1. The zero-order valence-corrected chi connectivity index (χ0v) is 8.36. The Balaban J connectivity index is 2.40. The lowest BCUT2D eigenvalue weighted by atomic mass is 9.91. The summed E-state index contributed by atoms with van der Waals surface area (Å²) in [7, 11) is 0. The second-order valence-electron chi connectivity index (χ2n) is 3.24. The molecule has 0 aromatic carbocycles. The maximum Gasteiger partial charge on any atom is 0.342 e. The standard InChI is InChI=1S/C8H5Cl2FO3/c9-5-1-3-4(2-8(5,10)11)7(13)14-6(3)12/h5H,1-2H2. The summed E-state index contributed by atoms with van der Waals surface area (Å²) < 4.78 is 17.8. The fourth-order valence-corrected chi connectivity index (χ4v) is 1.96. The van der Waals surface area contributed by atoms with Crippen LogP contribution in [0.2, 0.25) is 0 Å². The quantitative estimate of drug-likeness (QED) is 0.367. The van der Waals surface area contributed by atoms with Crippen LogP contribution >= 0.6 is 23.2 Å². The predicted molar refractivity (Wildman–Crippen MR) is 46.7 cm³/mol. The Hall–Kier alpha value is -0.610. The highest BCUT2D eigenvalue weighted by molar-refractivity contribution is 6.33. The van der Waals surface area contributed by atoms with Gasteiger partial charge in [-0.25, -0.2) is 14.0 Å². The lowest BCUT2D eigenvalue weighted by molar-refractivity contribution is -0.151. The van der Waals surface area contributed by atoms with Crippen molar-refractivity contribution in [1.82, 2.24) is 0 Å². The number of cyclic esters (lactones) is 2. The van der Waals surface area contributed by atoms with Crippen molar-refractivity contribution < 1.29 is 18.7 Å². The van der Waals surface area contributed by atoms with Crippen LogP contribution in [0.1, 0.15) is 12.8 Å². The third-order valence-electron chi connectivity index (χ3n) is 2.30. The van der Waals surface area contributed by atoms with E-state index in [0.717, 1.165) is 0 Å². The molecule has 0 radical (unpaired) electrons. The highest BCUT2D eigenvalue weighted by atomic mass is 35.5. The Kier molecular flexibility index (Phi) is 2.08. The van der Waals surface area contributed by atoms with Crippen LogP contribution in [0.5, 0.6) is 0 Å². The number of carbonyl (C=O) groups is 2. The number of carbonyl (C=O) groups excluding carboxylic acids is 2. The van der Waals surface area contributed by atoms with Gasteiger partial charge in [-0.15, -0.1) is 11.6 Å². The molecule has 2 aliphatic rings. The Morgan fingerprint density at radius 2 is 1.93 bits per heavy atom. The van der Waals surface area contributed by atoms with E-state index < -0.39 is 22.4 Å². The summed E-state index contributed by atoms with van der Waals surface area (Å²) in [6.07, 6.45) is -0.440. The highest BCUT2D eigenvalue weighted by Crippen LogP contribution is 2.44. The molecular weight excluding hydrogens is 234 g/mol. The number of hydrogen-bond donors (Lipinski definition) is 0. The van der Waals surface area contributed by atoms with Gasteiger partial charge in [-0.05, 0) is 0 Å². The van der Waals surface area contributed by atoms with E-state index in [9.17, 15) is 14.0 Å². The monoisotopic (exact) mass is 238 g/mol. The summed E-state index contributed by atoms with van der Waals surface area (Å²) >= 11 is 11.1. The van der Waals surface area contributed by atoms with Gasteiger partial charge in [0.05, 0.1) is 11.0 Å². The third-order valence-corrected chi connectivity index (χ3v) is 3.31. The first kappa shape index (κ1) is 9.93. The maximum atomic E-state index is 13.5. The molecule has 1 aliphatic heterocycles. The molecule has 6 heteroatoms. The number of halogens is 3. The fourth-order valence-electron chi connectivity index (χ4n) is 1.51. The summed E-state index contributed by atoms with van der Waals surface area (Å²) in [5.41, 5.74) is 0.174. The molecule has 0 N–H and O–H groups in total. The maximum absolute atomic E-state index is 13.5. The van der Waals surface area contributed by atoms with Gasteiger partial charge in [0.15, 0.2) is 0 Å². The van der Waals surface area contributed by atoms with E-state index in [1.54, 1.807) is 0 Å². The van der Waals surface area contributed by atoms with Crippen molar-refractivity contribution >= 4 is 35.1 Å². The van der Waals surface area contributed by atoms with Crippen molar-refractivity contribution in [3.63, 3.8) is 0 Å². The number of alkyl halides is 3. The van der Waals surface area contributed by atoms with Crippen LogP contribution in [0.3, 0.4) is 0 Å². The predicted octanol–water partition coefficient (Wildman–Crippen LogP) is 1.67. The summed E-state index contributed by atoms with van der Waals surface area (Å²) in [6.45, 7) is 0. The zero-order valence-electron chi connectivity index (χ0n) is 6.85. The summed E-state index contributed by atoms with van der Waals surface area (Å²) in [5.74, 6) is -1.54. The molecule has 0 amide bonds. The fraction of sp³-hybridized carbons (Fsp3) is 0.500. The normalized spacial score (nSPS) is 37.2. The summed E-state index contributed by atoms with van der Waals surface area (Å²) in [5, 5.41) is -3.19. The van der Waals surface area contributed by atoms with E-state index in [4.69, 9.17) is 23.2 Å². The van der Waals surface area contributed by atoms with Crippen LogP contribution in [0.4, 0.5) is 4.39 Å².